The van der Waals surface area contributed by atoms with E-state index >= 15 is 0 Å². The molecule has 2 aromatic carbocycles. The standard InChI is InChI=1S/C16H13N3O3S.C13H12N2O3/c20-14-13(7-4-9-19(14)15-17-8-10-23-15)18-16(21)22-11-12-5-2-1-3-6-12;16-12-11(7-4-8-14-12)15-13(17)18-9-10-5-2-1-3-6-10/h1-10H,11H2,(H,18,21);1-8H,9H2,(H,14,16)(H,15,17). The molecule has 0 aliphatic carbocycles. The zero-order valence-electron chi connectivity index (χ0n) is 21.6. The molecular weight excluding hydrogens is 546 g/mol. The minimum Gasteiger partial charge on any atom is -0.444 e. The predicted molar refractivity (Wildman–Crippen MR) is 155 cm³/mol. The van der Waals surface area contributed by atoms with Crippen LogP contribution in [0, 0.1) is 0 Å². The summed E-state index contributed by atoms with van der Waals surface area (Å²) in [5.74, 6) is 0. The van der Waals surface area contributed by atoms with Gasteiger partial charge in [-0.1, -0.05) is 60.7 Å². The number of carbonyl (C=O) groups is 2. The summed E-state index contributed by atoms with van der Waals surface area (Å²) in [5, 5.41) is 7.15. The summed E-state index contributed by atoms with van der Waals surface area (Å²) in [6.45, 7) is 0.303. The van der Waals surface area contributed by atoms with Crippen molar-refractivity contribution in [3.63, 3.8) is 0 Å². The zero-order valence-corrected chi connectivity index (χ0v) is 22.4. The number of ether oxygens (including phenoxy) is 2. The quantitative estimate of drug-likeness (QED) is 0.245. The molecule has 2 amide bonds. The van der Waals surface area contributed by atoms with E-state index < -0.39 is 12.2 Å². The Kier molecular flexibility index (Phi) is 10.2. The van der Waals surface area contributed by atoms with Gasteiger partial charge in [-0.15, -0.1) is 11.3 Å². The zero-order chi connectivity index (χ0) is 28.9. The van der Waals surface area contributed by atoms with Crippen LogP contribution in [-0.4, -0.2) is 26.7 Å². The Morgan fingerprint density at radius 2 is 1.37 bits per heavy atom. The highest BCUT2D eigenvalue weighted by atomic mass is 32.1. The average molecular weight is 572 g/mol. The molecule has 3 N–H and O–H groups in total. The highest BCUT2D eigenvalue weighted by molar-refractivity contribution is 7.12. The fourth-order valence-electron chi connectivity index (χ4n) is 3.33. The first-order chi connectivity index (χ1) is 20.0. The van der Waals surface area contributed by atoms with Crippen LogP contribution in [0.25, 0.3) is 5.13 Å². The summed E-state index contributed by atoms with van der Waals surface area (Å²) in [7, 11) is 0. The Bertz CT molecular complexity index is 1670. The number of hydrogen-bond donors (Lipinski definition) is 3. The molecule has 0 fully saturated rings. The summed E-state index contributed by atoms with van der Waals surface area (Å²) in [6.07, 6.45) is 3.36. The Morgan fingerprint density at radius 1 is 0.780 bits per heavy atom. The van der Waals surface area contributed by atoms with Crippen molar-refractivity contribution in [1.82, 2.24) is 14.5 Å². The number of pyridine rings is 2. The van der Waals surface area contributed by atoms with Crippen LogP contribution in [0.5, 0.6) is 0 Å². The number of nitrogens with zero attached hydrogens (tertiary/aromatic N) is 2. The van der Waals surface area contributed by atoms with Crippen molar-refractivity contribution in [2.45, 2.75) is 13.2 Å². The summed E-state index contributed by atoms with van der Waals surface area (Å²) < 4.78 is 11.5. The second kappa shape index (κ2) is 14.6. The maximum atomic E-state index is 12.3. The summed E-state index contributed by atoms with van der Waals surface area (Å²) >= 11 is 1.33. The Morgan fingerprint density at radius 3 is 1.93 bits per heavy atom. The molecule has 5 aromatic rings. The number of carbonyl (C=O) groups excluding carboxylic acids is 2. The molecule has 11 nitrogen and oxygen atoms in total. The van der Waals surface area contributed by atoms with Gasteiger partial charge in [-0.25, -0.2) is 14.6 Å². The first kappa shape index (κ1) is 28.5. The van der Waals surface area contributed by atoms with Gasteiger partial charge in [0, 0.05) is 24.0 Å². The van der Waals surface area contributed by atoms with Gasteiger partial charge >= 0.3 is 12.2 Å². The van der Waals surface area contributed by atoms with Gasteiger partial charge in [0.05, 0.1) is 0 Å². The van der Waals surface area contributed by atoms with Crippen molar-refractivity contribution in [2.75, 3.05) is 10.6 Å². The summed E-state index contributed by atoms with van der Waals surface area (Å²) in [5.41, 5.74) is 1.33. The lowest BCUT2D eigenvalue weighted by Gasteiger charge is -2.08. The topological polar surface area (TPSA) is 144 Å². The van der Waals surface area contributed by atoms with Gasteiger partial charge in [0.1, 0.15) is 24.6 Å². The molecular formula is C29H25N5O6S. The lowest BCUT2D eigenvalue weighted by molar-refractivity contribution is 0.154. The Hall–Kier alpha value is -5.49. The monoisotopic (exact) mass is 571 g/mol. The SMILES string of the molecule is O=C(Nc1ccc[nH]c1=O)OCc1ccccc1.O=C(Nc1cccn(-c2nccs2)c1=O)OCc1ccccc1. The third-order valence-corrected chi connectivity index (χ3v) is 6.06. The highest BCUT2D eigenvalue weighted by Gasteiger charge is 2.11. The van der Waals surface area contributed by atoms with Gasteiger partial charge in [-0.05, 0) is 35.4 Å². The lowest BCUT2D eigenvalue weighted by atomic mass is 10.2. The van der Waals surface area contributed by atoms with Crippen LogP contribution in [0.4, 0.5) is 21.0 Å². The van der Waals surface area contributed by atoms with Crippen LogP contribution in [0.2, 0.25) is 0 Å². The maximum absolute atomic E-state index is 12.3. The number of amides is 2. The van der Waals surface area contributed by atoms with E-state index in [-0.39, 0.29) is 35.7 Å². The molecule has 0 unspecified atom stereocenters. The highest BCUT2D eigenvalue weighted by Crippen LogP contribution is 2.10. The fourth-order valence-corrected chi connectivity index (χ4v) is 3.96. The molecule has 0 aliphatic heterocycles. The van der Waals surface area contributed by atoms with E-state index in [0.717, 1.165) is 11.1 Å². The van der Waals surface area contributed by atoms with Crippen molar-refractivity contribution in [3.8, 4) is 5.13 Å². The van der Waals surface area contributed by atoms with Gasteiger partial charge in [-0.3, -0.25) is 24.8 Å². The van der Waals surface area contributed by atoms with Gasteiger partial charge < -0.3 is 14.5 Å². The van der Waals surface area contributed by atoms with E-state index in [1.54, 1.807) is 29.9 Å². The molecule has 208 valence electrons. The molecule has 12 heteroatoms. The molecule has 0 radical (unpaired) electrons. The largest absolute Gasteiger partial charge is 0.444 e. The lowest BCUT2D eigenvalue weighted by Crippen LogP contribution is -2.24. The molecule has 41 heavy (non-hydrogen) atoms. The van der Waals surface area contributed by atoms with Crippen molar-refractivity contribution in [2.24, 2.45) is 0 Å². The van der Waals surface area contributed by atoms with Crippen LogP contribution in [0.3, 0.4) is 0 Å². The van der Waals surface area contributed by atoms with E-state index in [9.17, 15) is 19.2 Å². The predicted octanol–water partition coefficient (Wildman–Crippen LogP) is 5.17. The smallest absolute Gasteiger partial charge is 0.412 e. The molecule has 5 rings (SSSR count). The van der Waals surface area contributed by atoms with Crippen LogP contribution in [0.1, 0.15) is 11.1 Å². The molecule has 3 aromatic heterocycles. The van der Waals surface area contributed by atoms with Gasteiger partial charge in [0.25, 0.3) is 11.1 Å². The summed E-state index contributed by atoms with van der Waals surface area (Å²) in [6, 6.07) is 24.9. The number of anilines is 2. The third-order valence-electron chi connectivity index (χ3n) is 5.29. The maximum Gasteiger partial charge on any atom is 0.412 e. The first-order valence-electron chi connectivity index (χ1n) is 12.2. The van der Waals surface area contributed by atoms with Crippen LogP contribution >= 0.6 is 11.3 Å². The number of hydrogen-bond acceptors (Lipinski definition) is 8. The number of thiazole rings is 1. The number of benzene rings is 2. The molecule has 0 spiro atoms. The van der Waals surface area contributed by atoms with Crippen molar-refractivity contribution >= 4 is 34.9 Å². The summed E-state index contributed by atoms with van der Waals surface area (Å²) in [4.78, 5) is 53.5. The molecule has 0 aliphatic rings. The van der Waals surface area contributed by atoms with Gasteiger partial charge in [0.2, 0.25) is 0 Å². The minimum atomic E-state index is -0.678. The van der Waals surface area contributed by atoms with Gasteiger partial charge in [0.15, 0.2) is 5.13 Å². The molecule has 0 bridgehead atoms. The second-order valence-electron chi connectivity index (χ2n) is 8.20. The fraction of sp³-hybridized carbons (Fsp3) is 0.0690. The van der Waals surface area contributed by atoms with E-state index in [4.69, 9.17) is 9.47 Å². The number of aromatic nitrogens is 3. The first-order valence-corrected chi connectivity index (χ1v) is 13.1. The van der Waals surface area contributed by atoms with Crippen molar-refractivity contribution in [1.29, 1.82) is 0 Å². The number of H-pyrrole nitrogens is 1. The number of rotatable bonds is 7. The Labute approximate surface area is 238 Å². The number of nitrogens with one attached hydrogen (secondary N) is 3. The second-order valence-corrected chi connectivity index (χ2v) is 9.07. The van der Waals surface area contributed by atoms with Gasteiger partial charge in [-0.2, -0.15) is 0 Å². The molecule has 0 atom stereocenters. The van der Waals surface area contributed by atoms with E-state index in [1.165, 1.54) is 34.2 Å². The Balaban J connectivity index is 0.000000195. The van der Waals surface area contributed by atoms with E-state index in [0.29, 0.717) is 5.13 Å². The molecule has 0 saturated heterocycles. The molecule has 3 heterocycles. The minimum absolute atomic E-state index is 0.139. The van der Waals surface area contributed by atoms with E-state index in [2.05, 4.69) is 20.6 Å². The van der Waals surface area contributed by atoms with E-state index in [1.807, 2.05) is 60.7 Å². The van der Waals surface area contributed by atoms with Crippen LogP contribution < -0.4 is 21.8 Å². The van der Waals surface area contributed by atoms with Crippen LogP contribution in [0.15, 0.2) is 118 Å². The third kappa shape index (κ3) is 8.76. The average Bonchev–Trinajstić information content (AvgIpc) is 3.54. The van der Waals surface area contributed by atoms with Crippen molar-refractivity contribution in [3.05, 3.63) is 141 Å². The normalized spacial score (nSPS) is 10.0. The van der Waals surface area contributed by atoms with Crippen molar-refractivity contribution < 1.29 is 19.1 Å². The molecule has 0 saturated carbocycles. The number of aromatic amines is 1. The van der Waals surface area contributed by atoms with Crippen LogP contribution in [-0.2, 0) is 22.7 Å².